The van der Waals surface area contributed by atoms with Crippen LogP contribution in [0.1, 0.15) is 32.3 Å². The van der Waals surface area contributed by atoms with Gasteiger partial charge in [0.05, 0.1) is 40.6 Å². The van der Waals surface area contributed by atoms with Crippen LogP contribution in [0.4, 0.5) is 17.3 Å². The minimum atomic E-state index is -1.15. The molecule has 4 N–H and O–H groups in total. The molecule has 2 fully saturated rings. The summed E-state index contributed by atoms with van der Waals surface area (Å²) in [5.41, 5.74) is 2.14. The smallest absolute Gasteiger partial charge is 0.164 e. The van der Waals surface area contributed by atoms with Gasteiger partial charge < -0.3 is 20.6 Å². The van der Waals surface area contributed by atoms with Gasteiger partial charge in [0.15, 0.2) is 5.82 Å². The number of aliphatic hydroxyl groups is 1. The van der Waals surface area contributed by atoms with Crippen molar-refractivity contribution in [2.24, 2.45) is 0 Å². The molecule has 1 atom stereocenters. The van der Waals surface area contributed by atoms with Crippen LogP contribution in [0, 0.1) is 5.41 Å². The molecule has 0 radical (unpaired) electrons. The number of pyridine rings is 1. The fourth-order valence-electron chi connectivity index (χ4n) is 3.59. The van der Waals surface area contributed by atoms with Crippen molar-refractivity contribution in [2.45, 2.75) is 44.1 Å². The first-order valence-electron chi connectivity index (χ1n) is 11.2. The molecule has 3 aromatic rings. The van der Waals surface area contributed by atoms with E-state index in [9.17, 15) is 9.32 Å². The summed E-state index contributed by atoms with van der Waals surface area (Å²) in [6.07, 6.45) is 8.18. The molecule has 11 nitrogen and oxygen atoms in total. The van der Waals surface area contributed by atoms with Crippen molar-refractivity contribution in [1.29, 1.82) is 5.41 Å². The van der Waals surface area contributed by atoms with Gasteiger partial charge in [-0.25, -0.2) is 19.2 Å². The molecule has 0 bridgehead atoms. The first-order chi connectivity index (χ1) is 16.4. The fraction of sp³-hybridized carbons (Fsp3) is 0.409. The zero-order chi connectivity index (χ0) is 23.8. The quantitative estimate of drug-likeness (QED) is 0.280. The second-order valence-electron chi connectivity index (χ2n) is 8.82. The van der Waals surface area contributed by atoms with E-state index in [0.717, 1.165) is 18.5 Å². The highest BCUT2D eigenvalue weighted by molar-refractivity contribution is 7.84. The summed E-state index contributed by atoms with van der Waals surface area (Å²) in [7, 11) is -1.15. The second-order valence-corrected chi connectivity index (χ2v) is 10.4. The normalized spacial score (nSPS) is 16.9. The van der Waals surface area contributed by atoms with Crippen LogP contribution in [0.25, 0.3) is 11.4 Å². The lowest BCUT2D eigenvalue weighted by Crippen LogP contribution is -2.53. The number of nitrogens with zero attached hydrogens (tertiary/aromatic N) is 6. The van der Waals surface area contributed by atoms with E-state index in [4.69, 9.17) is 5.41 Å². The minimum absolute atomic E-state index is 0.159. The molecule has 5 rings (SSSR count). The lowest BCUT2D eigenvalue weighted by molar-refractivity contribution is 0.0465. The van der Waals surface area contributed by atoms with E-state index in [0.29, 0.717) is 47.5 Å². The number of likely N-dealkylation sites (tertiary alicyclic amines) is 1. The minimum Gasteiger partial charge on any atom is -0.389 e. The highest BCUT2D eigenvalue weighted by atomic mass is 32.2. The molecule has 2 aliphatic rings. The predicted octanol–water partition coefficient (Wildman–Crippen LogP) is 1.98. The Bertz CT molecular complexity index is 1230. The average molecular weight is 482 g/mol. The van der Waals surface area contributed by atoms with Crippen LogP contribution in [0.2, 0.25) is 0 Å². The molecular formula is C22H27N9O2S. The Balaban J connectivity index is 1.35. The van der Waals surface area contributed by atoms with E-state index < -0.39 is 11.0 Å². The van der Waals surface area contributed by atoms with E-state index >= 15 is 0 Å². The van der Waals surface area contributed by atoms with Gasteiger partial charge in [-0.2, -0.15) is 9.19 Å². The van der Waals surface area contributed by atoms with Gasteiger partial charge in [0.1, 0.15) is 28.5 Å². The number of β-amino-alcohol motifs (C(OH)–C–C–N with tert-alkyl or cyclic N) is 1. The predicted molar refractivity (Wildman–Crippen MR) is 131 cm³/mol. The molecule has 1 aliphatic heterocycles. The third-order valence-corrected chi connectivity index (χ3v) is 7.12. The molecule has 0 amide bonds. The van der Waals surface area contributed by atoms with Gasteiger partial charge in [-0.05, 0) is 32.8 Å². The van der Waals surface area contributed by atoms with Crippen LogP contribution in [-0.2, 0) is 11.0 Å². The SMILES string of the molecule is CC(C)Nc1cc(Nc2ccnc(-c3cnn(S(=O)C4CC4)c3)n2)ncc1C(=N)N1CC(O)C1. The maximum absolute atomic E-state index is 12.3. The number of aromatic nitrogens is 5. The largest absolute Gasteiger partial charge is 0.389 e. The van der Waals surface area contributed by atoms with E-state index in [-0.39, 0.29) is 17.4 Å². The number of hydrogen-bond donors (Lipinski definition) is 4. The Morgan fingerprint density at radius 2 is 2.03 bits per heavy atom. The van der Waals surface area contributed by atoms with E-state index in [1.54, 1.807) is 30.9 Å². The summed E-state index contributed by atoms with van der Waals surface area (Å²) in [5, 5.41) is 29.1. The van der Waals surface area contributed by atoms with Crippen molar-refractivity contribution < 1.29 is 9.32 Å². The molecule has 1 saturated carbocycles. The van der Waals surface area contributed by atoms with Crippen molar-refractivity contribution >= 4 is 34.1 Å². The molecule has 12 heteroatoms. The highest BCUT2D eigenvalue weighted by Gasteiger charge is 2.30. The number of nitrogens with one attached hydrogen (secondary N) is 3. The Hall–Kier alpha value is -3.38. The van der Waals surface area contributed by atoms with E-state index in [1.165, 1.54) is 4.09 Å². The Morgan fingerprint density at radius 3 is 2.74 bits per heavy atom. The van der Waals surface area contributed by atoms with Crippen molar-refractivity contribution in [3.63, 3.8) is 0 Å². The van der Waals surface area contributed by atoms with Crippen molar-refractivity contribution in [3.8, 4) is 11.4 Å². The van der Waals surface area contributed by atoms with Crippen LogP contribution < -0.4 is 10.6 Å². The molecular weight excluding hydrogens is 454 g/mol. The zero-order valence-corrected chi connectivity index (χ0v) is 19.8. The number of rotatable bonds is 8. The number of amidine groups is 1. The first kappa shape index (κ1) is 22.4. The number of anilines is 3. The second kappa shape index (κ2) is 9.11. The summed E-state index contributed by atoms with van der Waals surface area (Å²) in [4.78, 5) is 15.2. The Kier molecular flexibility index (Phi) is 6.00. The van der Waals surface area contributed by atoms with Crippen LogP contribution in [0.15, 0.2) is 36.9 Å². The molecule has 1 unspecified atom stereocenters. The van der Waals surface area contributed by atoms with Crippen molar-refractivity contribution in [1.82, 2.24) is 29.0 Å². The fourth-order valence-corrected chi connectivity index (χ4v) is 4.79. The van der Waals surface area contributed by atoms with Crippen LogP contribution in [-0.4, -0.2) is 74.7 Å². The molecule has 178 valence electrons. The maximum Gasteiger partial charge on any atom is 0.164 e. The van der Waals surface area contributed by atoms with E-state index in [2.05, 4.69) is 30.7 Å². The highest BCUT2D eigenvalue weighted by Crippen LogP contribution is 2.28. The summed E-state index contributed by atoms with van der Waals surface area (Å²) in [6, 6.07) is 3.75. The molecule has 34 heavy (non-hydrogen) atoms. The number of aliphatic hydroxyl groups excluding tert-OH is 1. The van der Waals surface area contributed by atoms with Gasteiger partial charge in [0, 0.05) is 37.6 Å². The average Bonchev–Trinajstić information content (AvgIpc) is 3.52. The Morgan fingerprint density at radius 1 is 1.24 bits per heavy atom. The summed E-state index contributed by atoms with van der Waals surface area (Å²) in [5.74, 6) is 1.92. The monoisotopic (exact) mass is 481 g/mol. The zero-order valence-electron chi connectivity index (χ0n) is 19.0. The van der Waals surface area contributed by atoms with Gasteiger partial charge in [0.2, 0.25) is 0 Å². The molecule has 3 aromatic heterocycles. The van der Waals surface area contributed by atoms with Gasteiger partial charge in [0.25, 0.3) is 0 Å². The standard InChI is InChI=1S/C22H27N9O2S/c1-13(2)27-18-7-20(25-9-17(18)21(23)30-11-15(32)12-30)28-19-5-6-24-22(29-19)14-8-26-31(10-14)34(33)16-3-4-16/h5-10,13,15-16,23,32H,3-4,11-12H2,1-2H3,(H2,24,25,27,28,29). The van der Waals surface area contributed by atoms with Gasteiger partial charge in [-0.1, -0.05) is 0 Å². The third-order valence-electron chi connectivity index (χ3n) is 5.51. The summed E-state index contributed by atoms with van der Waals surface area (Å²) < 4.78 is 13.8. The number of hydrogen-bond acceptors (Lipinski definition) is 9. The van der Waals surface area contributed by atoms with E-state index in [1.807, 2.05) is 24.8 Å². The van der Waals surface area contributed by atoms with Crippen molar-refractivity contribution in [3.05, 3.63) is 42.5 Å². The molecule has 0 spiro atoms. The molecule has 1 saturated heterocycles. The van der Waals surface area contributed by atoms with Crippen molar-refractivity contribution in [2.75, 3.05) is 23.7 Å². The summed E-state index contributed by atoms with van der Waals surface area (Å²) in [6.45, 7) is 4.96. The van der Waals surface area contributed by atoms with Crippen LogP contribution >= 0.6 is 0 Å². The van der Waals surface area contributed by atoms with Gasteiger partial charge in [-0.15, -0.1) is 0 Å². The Labute approximate surface area is 199 Å². The molecule has 4 heterocycles. The lowest BCUT2D eigenvalue weighted by Gasteiger charge is -2.38. The molecule has 0 aromatic carbocycles. The lowest BCUT2D eigenvalue weighted by atomic mass is 10.1. The maximum atomic E-state index is 12.3. The first-order valence-corrected chi connectivity index (χ1v) is 12.4. The summed E-state index contributed by atoms with van der Waals surface area (Å²) >= 11 is 0. The van der Waals surface area contributed by atoms with Gasteiger partial charge in [-0.3, -0.25) is 5.41 Å². The van der Waals surface area contributed by atoms with Crippen LogP contribution in [0.3, 0.4) is 0 Å². The van der Waals surface area contributed by atoms with Crippen LogP contribution in [0.5, 0.6) is 0 Å². The topological polar surface area (TPSA) is 145 Å². The van der Waals surface area contributed by atoms with Gasteiger partial charge >= 0.3 is 0 Å². The molecule has 1 aliphatic carbocycles. The third kappa shape index (κ3) is 4.77.